The molecule has 0 aromatic heterocycles. The van der Waals surface area contributed by atoms with Gasteiger partial charge in [0.1, 0.15) is 6.10 Å². The van der Waals surface area contributed by atoms with Crippen LogP contribution < -0.4 is 10.4 Å². The Bertz CT molecular complexity index is 737. The Kier molecular flexibility index (Phi) is 3.40. The van der Waals surface area contributed by atoms with Crippen molar-refractivity contribution in [1.82, 2.24) is 0 Å². The van der Waals surface area contributed by atoms with Crippen molar-refractivity contribution in [2.45, 2.75) is 44.6 Å². The molecule has 0 bridgehead atoms. The molecule has 0 amide bonds. The second kappa shape index (κ2) is 5.42. The van der Waals surface area contributed by atoms with E-state index in [2.05, 4.69) is 30.9 Å². The maximum Gasteiger partial charge on any atom is 0.330 e. The van der Waals surface area contributed by atoms with Crippen molar-refractivity contribution in [3.05, 3.63) is 46.9 Å². The van der Waals surface area contributed by atoms with Gasteiger partial charge in [-0.15, -0.1) is 0 Å². The summed E-state index contributed by atoms with van der Waals surface area (Å²) in [7, 11) is 0. The minimum Gasteiger partial charge on any atom is -0.454 e. The highest BCUT2D eigenvalue weighted by Gasteiger charge is 2.42. The summed E-state index contributed by atoms with van der Waals surface area (Å²) >= 11 is 0. The van der Waals surface area contributed by atoms with Crippen LogP contribution >= 0.6 is 0 Å². The largest absolute Gasteiger partial charge is 0.454 e. The fraction of sp³-hybridized carbons (Fsp3) is 0.450. The molecular formula is C20H22O2. The van der Waals surface area contributed by atoms with Crippen LogP contribution in [0.3, 0.4) is 0 Å². The van der Waals surface area contributed by atoms with Gasteiger partial charge in [-0.05, 0) is 42.0 Å². The minimum absolute atomic E-state index is 0.106. The molecule has 3 aliphatic carbocycles. The molecule has 2 heteroatoms. The third-order valence-corrected chi connectivity index (χ3v) is 5.58. The maximum absolute atomic E-state index is 11.9. The highest BCUT2D eigenvalue weighted by molar-refractivity contribution is 5.81. The van der Waals surface area contributed by atoms with E-state index < -0.39 is 0 Å². The molecule has 3 aliphatic rings. The molecule has 0 heterocycles. The van der Waals surface area contributed by atoms with Gasteiger partial charge >= 0.3 is 5.97 Å². The highest BCUT2D eigenvalue weighted by Crippen LogP contribution is 2.47. The van der Waals surface area contributed by atoms with Gasteiger partial charge in [0.25, 0.3) is 0 Å². The van der Waals surface area contributed by atoms with Crippen molar-refractivity contribution >= 4 is 17.6 Å². The molecule has 1 fully saturated rings. The molecule has 1 saturated carbocycles. The number of ether oxygens (including phenoxy) is 1. The molecule has 2 nitrogen and oxygen atoms in total. The summed E-state index contributed by atoms with van der Waals surface area (Å²) in [6.45, 7) is 3.56. The SMILES string of the molecule is C=CC(=O)OC1c2cccc3c2=C(CCC=3)C1C1CCCC1. The number of rotatable bonds is 3. The van der Waals surface area contributed by atoms with E-state index in [0.717, 1.165) is 12.8 Å². The molecule has 2 unspecified atom stereocenters. The Hall–Kier alpha value is -1.83. The van der Waals surface area contributed by atoms with Crippen LogP contribution in [0.2, 0.25) is 0 Å². The van der Waals surface area contributed by atoms with Gasteiger partial charge in [0.15, 0.2) is 0 Å². The number of hydrogen-bond acceptors (Lipinski definition) is 2. The van der Waals surface area contributed by atoms with Gasteiger partial charge in [0, 0.05) is 17.6 Å². The van der Waals surface area contributed by atoms with Crippen LogP contribution in [0.25, 0.3) is 11.6 Å². The van der Waals surface area contributed by atoms with Crippen LogP contribution in [0.15, 0.2) is 30.9 Å². The Morgan fingerprint density at radius 2 is 2.09 bits per heavy atom. The first kappa shape index (κ1) is 13.8. The summed E-state index contributed by atoms with van der Waals surface area (Å²) in [5.74, 6) is 0.751. The standard InChI is InChI=1S/C20H22O2/c1-2-17(21)22-20-16-12-6-10-13-9-5-11-15(18(13)16)19(20)14-7-3-4-8-14/h2,6,9-10,12,14,19-20H,1,3-5,7-8,11H2. The Morgan fingerprint density at radius 1 is 1.27 bits per heavy atom. The van der Waals surface area contributed by atoms with E-state index in [9.17, 15) is 4.79 Å². The second-order valence-corrected chi connectivity index (χ2v) is 6.71. The van der Waals surface area contributed by atoms with E-state index in [4.69, 9.17) is 4.74 Å². The van der Waals surface area contributed by atoms with Crippen molar-refractivity contribution in [3.63, 3.8) is 0 Å². The molecule has 1 aromatic carbocycles. The molecule has 0 N–H and O–H groups in total. The fourth-order valence-electron chi connectivity index (χ4n) is 4.74. The Balaban J connectivity index is 1.85. The topological polar surface area (TPSA) is 26.3 Å². The Morgan fingerprint density at radius 3 is 2.86 bits per heavy atom. The molecule has 114 valence electrons. The average Bonchev–Trinajstić information content (AvgIpc) is 3.16. The maximum atomic E-state index is 11.9. The van der Waals surface area contributed by atoms with E-state index in [-0.39, 0.29) is 12.1 Å². The van der Waals surface area contributed by atoms with Gasteiger partial charge in [-0.25, -0.2) is 4.79 Å². The highest BCUT2D eigenvalue weighted by atomic mass is 16.5. The van der Waals surface area contributed by atoms with Gasteiger partial charge < -0.3 is 4.74 Å². The van der Waals surface area contributed by atoms with Crippen molar-refractivity contribution in [3.8, 4) is 0 Å². The number of hydrogen-bond donors (Lipinski definition) is 0. The van der Waals surface area contributed by atoms with Crippen LogP contribution in [0.4, 0.5) is 0 Å². The molecule has 0 radical (unpaired) electrons. The van der Waals surface area contributed by atoms with Crippen LogP contribution in [0.1, 0.15) is 50.2 Å². The average molecular weight is 294 g/mol. The first-order valence-corrected chi connectivity index (χ1v) is 8.45. The molecule has 0 aliphatic heterocycles. The summed E-state index contributed by atoms with van der Waals surface area (Å²) in [6, 6.07) is 6.44. The summed E-state index contributed by atoms with van der Waals surface area (Å²) in [5, 5.41) is 2.71. The lowest BCUT2D eigenvalue weighted by Crippen LogP contribution is -2.30. The number of carbonyl (C=O) groups is 1. The van der Waals surface area contributed by atoms with Crippen molar-refractivity contribution in [2.75, 3.05) is 0 Å². The van der Waals surface area contributed by atoms with E-state index in [1.807, 2.05) is 0 Å². The lowest BCUT2D eigenvalue weighted by atomic mass is 9.81. The zero-order valence-electron chi connectivity index (χ0n) is 12.9. The normalized spacial score (nSPS) is 26.5. The van der Waals surface area contributed by atoms with Gasteiger partial charge in [-0.3, -0.25) is 0 Å². The lowest BCUT2D eigenvalue weighted by Gasteiger charge is -2.29. The summed E-state index contributed by atoms with van der Waals surface area (Å²) < 4.78 is 5.84. The summed E-state index contributed by atoms with van der Waals surface area (Å²) in [5.41, 5.74) is 2.76. The van der Waals surface area contributed by atoms with Crippen molar-refractivity contribution < 1.29 is 9.53 Å². The second-order valence-electron chi connectivity index (χ2n) is 6.71. The zero-order chi connectivity index (χ0) is 15.1. The first-order valence-electron chi connectivity index (χ1n) is 8.45. The minimum atomic E-state index is -0.297. The Labute approximate surface area is 131 Å². The quantitative estimate of drug-likeness (QED) is 0.633. The van der Waals surface area contributed by atoms with E-state index in [1.165, 1.54) is 47.8 Å². The van der Waals surface area contributed by atoms with Crippen LogP contribution in [0, 0.1) is 11.8 Å². The predicted molar refractivity (Wildman–Crippen MR) is 87.3 cm³/mol. The molecule has 2 atom stereocenters. The lowest BCUT2D eigenvalue weighted by molar-refractivity contribution is -0.145. The summed E-state index contributed by atoms with van der Waals surface area (Å²) in [4.78, 5) is 11.9. The zero-order valence-corrected chi connectivity index (χ0v) is 12.9. The third-order valence-electron chi connectivity index (χ3n) is 5.58. The van der Waals surface area contributed by atoms with Crippen LogP contribution in [0.5, 0.6) is 0 Å². The molecule has 0 saturated heterocycles. The van der Waals surface area contributed by atoms with Crippen LogP contribution in [-0.2, 0) is 9.53 Å². The first-order chi connectivity index (χ1) is 10.8. The molecule has 1 aromatic rings. The van der Waals surface area contributed by atoms with Crippen molar-refractivity contribution in [2.24, 2.45) is 11.8 Å². The number of carbonyl (C=O) groups excluding carboxylic acids is 1. The van der Waals surface area contributed by atoms with Crippen LogP contribution in [-0.4, -0.2) is 5.97 Å². The number of benzene rings is 1. The van der Waals surface area contributed by atoms with Crippen molar-refractivity contribution in [1.29, 1.82) is 0 Å². The molecular weight excluding hydrogens is 272 g/mol. The third kappa shape index (κ3) is 2.05. The van der Waals surface area contributed by atoms with Gasteiger partial charge in [0.2, 0.25) is 0 Å². The van der Waals surface area contributed by atoms with E-state index >= 15 is 0 Å². The predicted octanol–water partition coefficient (Wildman–Crippen LogP) is 3.00. The van der Waals surface area contributed by atoms with Gasteiger partial charge in [-0.1, -0.05) is 49.3 Å². The van der Waals surface area contributed by atoms with E-state index in [1.54, 1.807) is 5.57 Å². The number of esters is 1. The summed E-state index contributed by atoms with van der Waals surface area (Å²) in [6.07, 6.45) is 10.9. The van der Waals surface area contributed by atoms with Gasteiger partial charge in [0.05, 0.1) is 0 Å². The molecule has 22 heavy (non-hydrogen) atoms. The fourth-order valence-corrected chi connectivity index (χ4v) is 4.74. The van der Waals surface area contributed by atoms with E-state index in [0.29, 0.717) is 11.8 Å². The molecule has 0 spiro atoms. The monoisotopic (exact) mass is 294 g/mol. The van der Waals surface area contributed by atoms with Gasteiger partial charge in [-0.2, -0.15) is 0 Å². The smallest absolute Gasteiger partial charge is 0.330 e. The molecule has 4 rings (SSSR count).